The first kappa shape index (κ1) is 20.8. The third kappa shape index (κ3) is 6.57. The van der Waals surface area contributed by atoms with Gasteiger partial charge < -0.3 is 34.5 Å². The number of benzene rings is 1. The zero-order chi connectivity index (χ0) is 20.6. The number of fused-ring (bicyclic) bond motifs is 1. The van der Waals surface area contributed by atoms with Crippen LogP contribution in [-0.4, -0.2) is 59.6 Å². The molecule has 11 heteroatoms. The highest BCUT2D eigenvalue weighted by Gasteiger charge is 2.15. The van der Waals surface area contributed by atoms with Gasteiger partial charge in [-0.1, -0.05) is 5.16 Å². The number of carbonyl (C=O) groups excluding carboxylic acids is 2. The molecule has 0 aliphatic carbocycles. The largest absolute Gasteiger partial charge is 0.491 e. The number of aromatic nitrogens is 1. The number of nitrogens with zero attached hydrogens (tertiary/aromatic N) is 1. The summed E-state index contributed by atoms with van der Waals surface area (Å²) in [5, 5.41) is 18.8. The molecule has 1 unspecified atom stereocenters. The number of aliphatic hydroxyl groups excluding tert-OH is 1. The van der Waals surface area contributed by atoms with Crippen LogP contribution in [0.15, 0.2) is 28.8 Å². The van der Waals surface area contributed by atoms with Crippen molar-refractivity contribution >= 4 is 29.4 Å². The Balaban J connectivity index is 1.27. The second-order valence-corrected chi connectivity index (χ2v) is 7.13. The maximum Gasteiger partial charge on any atom is 0.235 e. The standard InChI is InChI=1S/C18H21N3O7S/c1-11-4-16(21-28-11)20-18(24)9-29-8-17(23)19-6-12(22)7-25-13-2-3-14-15(5-13)27-10-26-14/h2-5,12,22H,6-10H2,1H3,(H,19,23)(H,20,21,24). The predicted molar refractivity (Wildman–Crippen MR) is 104 cm³/mol. The van der Waals surface area contributed by atoms with E-state index in [1.807, 2.05) is 0 Å². The maximum absolute atomic E-state index is 11.8. The summed E-state index contributed by atoms with van der Waals surface area (Å²) in [6, 6.07) is 6.71. The molecule has 1 aromatic heterocycles. The quantitative estimate of drug-likeness (QED) is 0.511. The number of ether oxygens (including phenoxy) is 3. The molecular weight excluding hydrogens is 402 g/mol. The fourth-order valence-electron chi connectivity index (χ4n) is 2.34. The SMILES string of the molecule is Cc1cc(NC(=O)CSCC(=O)NCC(O)COc2ccc3c(c2)OCO3)no1. The summed E-state index contributed by atoms with van der Waals surface area (Å²) in [5.74, 6) is 2.30. The molecule has 0 fully saturated rings. The first-order chi connectivity index (χ1) is 14.0. The zero-order valence-corrected chi connectivity index (χ0v) is 16.5. The first-order valence-electron chi connectivity index (χ1n) is 8.78. The lowest BCUT2D eigenvalue weighted by Crippen LogP contribution is -2.36. The summed E-state index contributed by atoms with van der Waals surface area (Å²) in [6.07, 6.45) is -0.881. The Bertz CT molecular complexity index is 858. The van der Waals surface area contributed by atoms with Crippen LogP contribution in [0.5, 0.6) is 17.2 Å². The fraction of sp³-hybridized carbons (Fsp3) is 0.389. The van der Waals surface area contributed by atoms with E-state index >= 15 is 0 Å². The Kier molecular flexibility index (Phi) is 7.19. The molecule has 29 heavy (non-hydrogen) atoms. The van der Waals surface area contributed by atoms with E-state index in [1.165, 1.54) is 0 Å². The highest BCUT2D eigenvalue weighted by atomic mass is 32.2. The number of nitrogens with one attached hydrogen (secondary N) is 2. The number of carbonyl (C=O) groups is 2. The van der Waals surface area contributed by atoms with Gasteiger partial charge in [-0.05, 0) is 19.1 Å². The van der Waals surface area contributed by atoms with Crippen LogP contribution >= 0.6 is 11.8 Å². The molecule has 10 nitrogen and oxygen atoms in total. The second-order valence-electron chi connectivity index (χ2n) is 6.15. The van der Waals surface area contributed by atoms with Gasteiger partial charge in [0, 0.05) is 18.7 Å². The molecule has 1 aliphatic heterocycles. The lowest BCUT2D eigenvalue weighted by molar-refractivity contribution is -0.119. The van der Waals surface area contributed by atoms with Crippen molar-refractivity contribution in [3.8, 4) is 17.2 Å². The highest BCUT2D eigenvalue weighted by Crippen LogP contribution is 2.35. The van der Waals surface area contributed by atoms with Crippen LogP contribution in [0.2, 0.25) is 0 Å². The third-order valence-corrected chi connectivity index (χ3v) is 4.62. The van der Waals surface area contributed by atoms with E-state index in [2.05, 4.69) is 15.8 Å². The molecule has 2 heterocycles. The average molecular weight is 423 g/mol. The van der Waals surface area contributed by atoms with E-state index in [-0.39, 0.29) is 43.3 Å². The van der Waals surface area contributed by atoms with Crippen molar-refractivity contribution in [3.05, 3.63) is 30.0 Å². The van der Waals surface area contributed by atoms with Gasteiger partial charge in [0.05, 0.1) is 11.5 Å². The van der Waals surface area contributed by atoms with Crippen molar-refractivity contribution in [1.29, 1.82) is 0 Å². The lowest BCUT2D eigenvalue weighted by Gasteiger charge is -2.13. The summed E-state index contributed by atoms with van der Waals surface area (Å²) >= 11 is 1.15. The van der Waals surface area contributed by atoms with Gasteiger partial charge in [0.2, 0.25) is 18.6 Å². The van der Waals surface area contributed by atoms with E-state index < -0.39 is 6.10 Å². The summed E-state index contributed by atoms with van der Waals surface area (Å²) in [6.45, 7) is 1.93. The third-order valence-electron chi connectivity index (χ3n) is 3.68. The Morgan fingerprint density at radius 3 is 2.83 bits per heavy atom. The number of thioether (sulfide) groups is 1. The van der Waals surface area contributed by atoms with Crippen molar-refractivity contribution in [3.63, 3.8) is 0 Å². The van der Waals surface area contributed by atoms with Crippen molar-refractivity contribution in [2.75, 3.05) is 36.8 Å². The molecule has 1 atom stereocenters. The molecule has 156 valence electrons. The van der Waals surface area contributed by atoms with Crippen molar-refractivity contribution < 1.29 is 33.4 Å². The molecule has 0 saturated heterocycles. The summed E-state index contributed by atoms with van der Waals surface area (Å²) < 4.78 is 20.8. The molecule has 2 aromatic rings. The smallest absolute Gasteiger partial charge is 0.235 e. The van der Waals surface area contributed by atoms with Crippen LogP contribution in [0.4, 0.5) is 5.82 Å². The molecule has 0 saturated carbocycles. The minimum absolute atomic E-state index is 0.00654. The Labute approximate surface area is 170 Å². The second kappa shape index (κ2) is 10.0. The Morgan fingerprint density at radius 2 is 2.03 bits per heavy atom. The molecule has 3 N–H and O–H groups in total. The predicted octanol–water partition coefficient (Wildman–Crippen LogP) is 0.940. The molecule has 1 aromatic carbocycles. The molecule has 0 radical (unpaired) electrons. The summed E-state index contributed by atoms with van der Waals surface area (Å²) in [7, 11) is 0. The van der Waals surface area contributed by atoms with Crippen molar-refractivity contribution in [1.82, 2.24) is 10.5 Å². The molecule has 2 amide bonds. The van der Waals surface area contributed by atoms with Gasteiger partial charge in [-0.25, -0.2) is 0 Å². The van der Waals surface area contributed by atoms with Crippen molar-refractivity contribution in [2.45, 2.75) is 13.0 Å². The molecule has 0 spiro atoms. The van der Waals surface area contributed by atoms with Gasteiger partial charge in [0.25, 0.3) is 0 Å². The number of aryl methyl sites for hydroxylation is 1. The van der Waals surface area contributed by atoms with Crippen LogP contribution in [-0.2, 0) is 9.59 Å². The zero-order valence-electron chi connectivity index (χ0n) is 15.7. The molecule has 0 bridgehead atoms. The molecule has 3 rings (SSSR count). The molecular formula is C18H21N3O7S. The Morgan fingerprint density at radius 1 is 1.24 bits per heavy atom. The average Bonchev–Trinajstić information content (AvgIpc) is 3.32. The maximum atomic E-state index is 11.8. The summed E-state index contributed by atoms with van der Waals surface area (Å²) in [4.78, 5) is 23.6. The van der Waals surface area contributed by atoms with Crippen LogP contribution in [0, 0.1) is 6.92 Å². The van der Waals surface area contributed by atoms with Crippen LogP contribution in [0.3, 0.4) is 0 Å². The monoisotopic (exact) mass is 423 g/mol. The number of anilines is 1. The van der Waals surface area contributed by atoms with E-state index in [0.29, 0.717) is 28.8 Å². The van der Waals surface area contributed by atoms with Gasteiger partial charge in [0.1, 0.15) is 24.2 Å². The van der Waals surface area contributed by atoms with E-state index in [9.17, 15) is 14.7 Å². The van der Waals surface area contributed by atoms with Gasteiger partial charge in [0.15, 0.2) is 17.3 Å². The van der Waals surface area contributed by atoms with Gasteiger partial charge >= 0.3 is 0 Å². The number of hydrogen-bond acceptors (Lipinski definition) is 9. The van der Waals surface area contributed by atoms with E-state index in [4.69, 9.17) is 18.7 Å². The van der Waals surface area contributed by atoms with Crippen molar-refractivity contribution in [2.24, 2.45) is 0 Å². The van der Waals surface area contributed by atoms with E-state index in [1.54, 1.807) is 31.2 Å². The van der Waals surface area contributed by atoms with Gasteiger partial charge in [-0.3, -0.25) is 9.59 Å². The van der Waals surface area contributed by atoms with Gasteiger partial charge in [-0.2, -0.15) is 0 Å². The lowest BCUT2D eigenvalue weighted by atomic mass is 10.3. The minimum atomic E-state index is -0.881. The Hall–Kier alpha value is -2.92. The topological polar surface area (TPSA) is 132 Å². The summed E-state index contributed by atoms with van der Waals surface area (Å²) in [5.41, 5.74) is 0. The molecule has 1 aliphatic rings. The van der Waals surface area contributed by atoms with E-state index in [0.717, 1.165) is 11.8 Å². The van der Waals surface area contributed by atoms with Crippen LogP contribution in [0.25, 0.3) is 0 Å². The number of hydrogen-bond donors (Lipinski definition) is 3. The number of amides is 2. The fourth-order valence-corrected chi connectivity index (χ4v) is 2.99. The normalized spacial score (nSPS) is 13.0. The number of aliphatic hydroxyl groups is 1. The van der Waals surface area contributed by atoms with Crippen LogP contribution in [0.1, 0.15) is 5.76 Å². The van der Waals surface area contributed by atoms with Gasteiger partial charge in [-0.15, -0.1) is 11.8 Å². The first-order valence-corrected chi connectivity index (χ1v) is 9.93. The minimum Gasteiger partial charge on any atom is -0.491 e. The van der Waals surface area contributed by atoms with Crippen LogP contribution < -0.4 is 24.8 Å². The highest BCUT2D eigenvalue weighted by molar-refractivity contribution is 8.00. The number of rotatable bonds is 10.